The zero-order valence-corrected chi connectivity index (χ0v) is 14.0. The molecule has 0 spiro atoms. The highest BCUT2D eigenvalue weighted by molar-refractivity contribution is 7.90. The zero-order chi connectivity index (χ0) is 15.3. The summed E-state index contributed by atoms with van der Waals surface area (Å²) in [5.74, 6) is 0.554. The van der Waals surface area contributed by atoms with Crippen molar-refractivity contribution in [1.29, 1.82) is 0 Å². The summed E-state index contributed by atoms with van der Waals surface area (Å²) in [6.45, 7) is 4.79. The highest BCUT2D eigenvalue weighted by Crippen LogP contribution is 2.23. The summed E-state index contributed by atoms with van der Waals surface area (Å²) in [5, 5.41) is -0.189. The number of hydrogen-bond acceptors (Lipinski definition) is 2. The van der Waals surface area contributed by atoms with E-state index in [1.165, 1.54) is 12.0 Å². The van der Waals surface area contributed by atoms with Crippen LogP contribution in [0.3, 0.4) is 0 Å². The molecule has 1 aromatic rings. The van der Waals surface area contributed by atoms with Crippen molar-refractivity contribution in [2.75, 3.05) is 0 Å². The Labute approximate surface area is 129 Å². The van der Waals surface area contributed by atoms with Crippen LogP contribution in [-0.2, 0) is 16.6 Å². The van der Waals surface area contributed by atoms with Gasteiger partial charge in [0.1, 0.15) is 0 Å². The molecule has 0 bridgehead atoms. The van der Waals surface area contributed by atoms with Crippen molar-refractivity contribution in [2.45, 2.75) is 70.1 Å². The number of sulfonamides is 1. The first-order chi connectivity index (χ1) is 10.0. The van der Waals surface area contributed by atoms with Gasteiger partial charge >= 0.3 is 0 Å². The van der Waals surface area contributed by atoms with E-state index in [1.54, 1.807) is 0 Å². The van der Waals surface area contributed by atoms with Gasteiger partial charge in [0.2, 0.25) is 10.0 Å². The Bertz CT molecular complexity index is 530. The molecule has 0 amide bonds. The second-order valence-electron chi connectivity index (χ2n) is 6.18. The van der Waals surface area contributed by atoms with Gasteiger partial charge in [-0.25, -0.2) is 13.1 Å². The van der Waals surface area contributed by atoms with Gasteiger partial charge in [-0.05, 0) is 36.3 Å². The fourth-order valence-electron chi connectivity index (χ4n) is 2.88. The Morgan fingerprint density at radius 1 is 1.14 bits per heavy atom. The maximum atomic E-state index is 12.3. The number of nitrogens with one attached hydrogen (secondary N) is 1. The topological polar surface area (TPSA) is 46.2 Å². The highest BCUT2D eigenvalue weighted by atomic mass is 32.2. The SMILES string of the molecule is CCC(C)c1ccc(CNS(=O)(=O)C2CCCCC2)cc1. The normalized spacial score (nSPS) is 18.6. The van der Waals surface area contributed by atoms with Gasteiger partial charge in [0.15, 0.2) is 0 Å². The third kappa shape index (κ3) is 4.55. The summed E-state index contributed by atoms with van der Waals surface area (Å²) in [6, 6.07) is 8.28. The van der Waals surface area contributed by atoms with Crippen molar-refractivity contribution in [3.63, 3.8) is 0 Å². The van der Waals surface area contributed by atoms with E-state index in [9.17, 15) is 8.42 Å². The zero-order valence-electron chi connectivity index (χ0n) is 13.1. The van der Waals surface area contributed by atoms with Crippen LogP contribution in [0.5, 0.6) is 0 Å². The van der Waals surface area contributed by atoms with Gasteiger partial charge in [0.25, 0.3) is 0 Å². The molecule has 1 unspecified atom stereocenters. The summed E-state index contributed by atoms with van der Waals surface area (Å²) in [4.78, 5) is 0. The molecule has 4 heteroatoms. The second kappa shape index (κ2) is 7.41. The first-order valence-corrected chi connectivity index (χ1v) is 9.65. The van der Waals surface area contributed by atoms with E-state index < -0.39 is 10.0 Å². The Balaban J connectivity index is 1.92. The summed E-state index contributed by atoms with van der Waals surface area (Å²) in [6.07, 6.45) is 5.98. The molecule has 1 atom stereocenters. The Kier molecular flexibility index (Phi) is 5.82. The van der Waals surface area contributed by atoms with E-state index in [1.807, 2.05) is 12.1 Å². The quantitative estimate of drug-likeness (QED) is 0.864. The average molecular weight is 309 g/mol. The lowest BCUT2D eigenvalue weighted by molar-refractivity contribution is 0.477. The first-order valence-electron chi connectivity index (χ1n) is 8.10. The molecule has 3 nitrogen and oxygen atoms in total. The first kappa shape index (κ1) is 16.5. The molecule has 21 heavy (non-hydrogen) atoms. The minimum atomic E-state index is -3.16. The highest BCUT2D eigenvalue weighted by Gasteiger charge is 2.26. The van der Waals surface area contributed by atoms with Gasteiger partial charge in [0, 0.05) is 6.54 Å². The van der Waals surface area contributed by atoms with E-state index in [0.717, 1.165) is 37.7 Å². The molecular formula is C17H27NO2S. The van der Waals surface area contributed by atoms with E-state index in [4.69, 9.17) is 0 Å². The molecular weight excluding hydrogens is 282 g/mol. The van der Waals surface area contributed by atoms with Crippen molar-refractivity contribution < 1.29 is 8.42 Å². The van der Waals surface area contributed by atoms with Crippen molar-refractivity contribution in [1.82, 2.24) is 4.72 Å². The minimum Gasteiger partial charge on any atom is -0.212 e. The largest absolute Gasteiger partial charge is 0.214 e. The predicted octanol–water partition coefficient (Wildman–Crippen LogP) is 3.95. The van der Waals surface area contributed by atoms with Crippen LogP contribution in [0.2, 0.25) is 0 Å². The Morgan fingerprint density at radius 2 is 1.76 bits per heavy atom. The van der Waals surface area contributed by atoms with Crippen molar-refractivity contribution >= 4 is 10.0 Å². The fraction of sp³-hybridized carbons (Fsp3) is 0.647. The van der Waals surface area contributed by atoms with Crippen LogP contribution >= 0.6 is 0 Å². The second-order valence-corrected chi connectivity index (χ2v) is 8.22. The third-order valence-corrected chi connectivity index (χ3v) is 6.53. The molecule has 1 aliphatic rings. The summed E-state index contributed by atoms with van der Waals surface area (Å²) in [7, 11) is -3.16. The van der Waals surface area contributed by atoms with Gasteiger partial charge in [0.05, 0.1) is 5.25 Å². The Morgan fingerprint density at radius 3 is 2.33 bits per heavy atom. The van der Waals surface area contributed by atoms with Crippen LogP contribution in [0.4, 0.5) is 0 Å². The monoisotopic (exact) mass is 309 g/mol. The number of rotatable bonds is 6. The van der Waals surface area contributed by atoms with Gasteiger partial charge in [-0.15, -0.1) is 0 Å². The van der Waals surface area contributed by atoms with Gasteiger partial charge < -0.3 is 0 Å². The maximum absolute atomic E-state index is 12.3. The van der Waals surface area contributed by atoms with Crippen LogP contribution in [0, 0.1) is 0 Å². The van der Waals surface area contributed by atoms with Crippen molar-refractivity contribution in [2.24, 2.45) is 0 Å². The molecule has 1 aliphatic carbocycles. The summed E-state index contributed by atoms with van der Waals surface area (Å²) < 4.78 is 27.3. The molecule has 0 saturated heterocycles. The number of benzene rings is 1. The van der Waals surface area contributed by atoms with E-state index >= 15 is 0 Å². The van der Waals surface area contributed by atoms with E-state index in [2.05, 4.69) is 30.7 Å². The van der Waals surface area contributed by atoms with E-state index in [-0.39, 0.29) is 5.25 Å². The van der Waals surface area contributed by atoms with Crippen LogP contribution in [0.1, 0.15) is 69.4 Å². The molecule has 1 N–H and O–H groups in total. The average Bonchev–Trinajstić information content (AvgIpc) is 2.53. The number of hydrogen-bond donors (Lipinski definition) is 1. The molecule has 0 heterocycles. The maximum Gasteiger partial charge on any atom is 0.214 e. The lowest BCUT2D eigenvalue weighted by atomic mass is 9.98. The molecule has 1 saturated carbocycles. The lowest BCUT2D eigenvalue weighted by Crippen LogP contribution is -2.35. The summed E-state index contributed by atoms with van der Waals surface area (Å²) in [5.41, 5.74) is 2.35. The minimum absolute atomic E-state index is 0.189. The van der Waals surface area contributed by atoms with Gasteiger partial charge in [-0.3, -0.25) is 0 Å². The lowest BCUT2D eigenvalue weighted by Gasteiger charge is -2.22. The van der Waals surface area contributed by atoms with Crippen LogP contribution in [-0.4, -0.2) is 13.7 Å². The smallest absolute Gasteiger partial charge is 0.212 e. The van der Waals surface area contributed by atoms with Crippen molar-refractivity contribution in [3.8, 4) is 0 Å². The van der Waals surface area contributed by atoms with Crippen LogP contribution < -0.4 is 4.72 Å². The van der Waals surface area contributed by atoms with Gasteiger partial charge in [-0.1, -0.05) is 57.4 Å². The molecule has 1 fully saturated rings. The van der Waals surface area contributed by atoms with E-state index in [0.29, 0.717) is 12.5 Å². The molecule has 118 valence electrons. The molecule has 1 aromatic carbocycles. The van der Waals surface area contributed by atoms with Gasteiger partial charge in [-0.2, -0.15) is 0 Å². The molecule has 0 radical (unpaired) electrons. The fourth-order valence-corrected chi connectivity index (χ4v) is 4.43. The molecule has 0 aliphatic heterocycles. The standard InChI is InChI=1S/C17H27NO2S/c1-3-14(2)16-11-9-15(10-12-16)13-18-21(19,20)17-7-5-4-6-8-17/h9-12,14,17-18H,3-8,13H2,1-2H3. The van der Waals surface area contributed by atoms with Crippen molar-refractivity contribution in [3.05, 3.63) is 35.4 Å². The predicted molar refractivity (Wildman–Crippen MR) is 87.8 cm³/mol. The molecule has 0 aromatic heterocycles. The summed E-state index contributed by atoms with van der Waals surface area (Å²) >= 11 is 0. The van der Waals surface area contributed by atoms with Crippen LogP contribution in [0.15, 0.2) is 24.3 Å². The molecule has 2 rings (SSSR count). The third-order valence-electron chi connectivity index (χ3n) is 4.63. The van der Waals surface area contributed by atoms with Crippen LogP contribution in [0.25, 0.3) is 0 Å². The Hall–Kier alpha value is -0.870.